The van der Waals surface area contributed by atoms with Gasteiger partial charge in [0.05, 0.1) is 13.2 Å². The number of benzene rings is 1. The second-order valence-electron chi connectivity index (χ2n) is 5.23. The Hall–Kier alpha value is -1.06. The van der Waals surface area contributed by atoms with Crippen molar-refractivity contribution >= 4 is 8.32 Å². The smallest absolute Gasteiger partial charge is 0.185 e. The van der Waals surface area contributed by atoms with Crippen LogP contribution in [0.5, 0.6) is 5.75 Å². The molecule has 3 heteroatoms. The van der Waals surface area contributed by atoms with Crippen molar-refractivity contribution in [3.8, 4) is 5.75 Å². The Kier molecular flexibility index (Phi) is 4.54. The molecule has 0 fully saturated rings. The average molecular weight is 250 g/mol. The molecule has 17 heavy (non-hydrogen) atoms. The molecule has 0 N–H and O–H groups in total. The molecule has 0 aliphatic heterocycles. The van der Waals surface area contributed by atoms with Crippen LogP contribution < -0.4 is 4.74 Å². The maximum absolute atomic E-state index is 6.16. The molecule has 1 rings (SSSR count). The van der Waals surface area contributed by atoms with E-state index in [2.05, 4.69) is 26.2 Å². The first kappa shape index (κ1) is 14.0. The Morgan fingerprint density at radius 1 is 1.18 bits per heavy atom. The van der Waals surface area contributed by atoms with Crippen molar-refractivity contribution in [3.63, 3.8) is 0 Å². The van der Waals surface area contributed by atoms with Crippen molar-refractivity contribution < 1.29 is 9.16 Å². The van der Waals surface area contributed by atoms with Gasteiger partial charge >= 0.3 is 0 Å². The summed E-state index contributed by atoms with van der Waals surface area (Å²) in [4.78, 5) is 0. The van der Waals surface area contributed by atoms with Crippen LogP contribution in [0.25, 0.3) is 0 Å². The molecule has 1 unspecified atom stereocenters. The van der Waals surface area contributed by atoms with Gasteiger partial charge in [0, 0.05) is 0 Å². The highest BCUT2D eigenvalue weighted by atomic mass is 28.4. The lowest BCUT2D eigenvalue weighted by molar-refractivity contribution is 0.235. The zero-order valence-corrected chi connectivity index (χ0v) is 12.4. The number of ether oxygens (including phenoxy) is 1. The first-order valence-corrected chi connectivity index (χ1v) is 9.21. The Morgan fingerprint density at radius 2 is 1.71 bits per heavy atom. The summed E-state index contributed by atoms with van der Waals surface area (Å²) in [6.07, 6.45) is -0.00688. The second-order valence-corrected chi connectivity index (χ2v) is 9.69. The van der Waals surface area contributed by atoms with Gasteiger partial charge in [-0.1, -0.05) is 18.7 Å². The van der Waals surface area contributed by atoms with E-state index in [0.717, 1.165) is 16.9 Å². The summed E-state index contributed by atoms with van der Waals surface area (Å²) in [5.41, 5.74) is 2.18. The molecule has 0 spiro atoms. The summed E-state index contributed by atoms with van der Waals surface area (Å²) < 4.78 is 11.3. The molecule has 0 bridgehead atoms. The van der Waals surface area contributed by atoms with E-state index >= 15 is 0 Å². The van der Waals surface area contributed by atoms with Gasteiger partial charge < -0.3 is 9.16 Å². The largest absolute Gasteiger partial charge is 0.497 e. The minimum atomic E-state index is -1.58. The molecule has 94 valence electrons. The van der Waals surface area contributed by atoms with E-state index in [9.17, 15) is 0 Å². The van der Waals surface area contributed by atoms with Gasteiger partial charge in [-0.05, 0) is 49.8 Å². The molecule has 0 aliphatic carbocycles. The fraction of sp³-hybridized carbons (Fsp3) is 0.429. The fourth-order valence-corrected chi connectivity index (χ4v) is 2.63. The Bertz CT molecular complexity index is 376. The highest BCUT2D eigenvalue weighted by molar-refractivity contribution is 6.69. The maximum Gasteiger partial charge on any atom is 0.185 e. The quantitative estimate of drug-likeness (QED) is 0.577. The predicted octanol–water partition coefficient (Wildman–Crippen LogP) is 4.16. The topological polar surface area (TPSA) is 18.5 Å². The third-order valence-corrected chi connectivity index (χ3v) is 3.28. The molecule has 1 atom stereocenters. The van der Waals surface area contributed by atoms with Crippen LogP contribution in [-0.4, -0.2) is 15.4 Å². The van der Waals surface area contributed by atoms with Crippen LogP contribution in [-0.2, 0) is 4.43 Å². The van der Waals surface area contributed by atoms with E-state index in [4.69, 9.17) is 9.16 Å². The number of hydrogen-bond acceptors (Lipinski definition) is 2. The summed E-state index contributed by atoms with van der Waals surface area (Å²) in [6, 6.07) is 7.99. The zero-order chi connectivity index (χ0) is 13.1. The van der Waals surface area contributed by atoms with E-state index in [0.29, 0.717) is 0 Å². The van der Waals surface area contributed by atoms with Crippen LogP contribution >= 0.6 is 0 Å². The fourth-order valence-electron chi connectivity index (χ4n) is 1.59. The molecule has 1 aromatic carbocycles. The highest BCUT2D eigenvalue weighted by Crippen LogP contribution is 2.29. The molecule has 2 nitrogen and oxygen atoms in total. The molecule has 1 aromatic rings. The summed E-state index contributed by atoms with van der Waals surface area (Å²) >= 11 is 0. The summed E-state index contributed by atoms with van der Waals surface area (Å²) in [5, 5.41) is 0. The van der Waals surface area contributed by atoms with Gasteiger partial charge in [-0.25, -0.2) is 0 Å². The molecule has 0 aromatic heterocycles. The van der Waals surface area contributed by atoms with Crippen molar-refractivity contribution in [2.45, 2.75) is 32.7 Å². The zero-order valence-electron chi connectivity index (χ0n) is 11.4. The van der Waals surface area contributed by atoms with E-state index in [1.54, 1.807) is 7.11 Å². The molecule has 0 saturated heterocycles. The summed E-state index contributed by atoms with van der Waals surface area (Å²) in [5.74, 6) is 0.863. The first-order valence-electron chi connectivity index (χ1n) is 5.80. The van der Waals surface area contributed by atoms with Crippen molar-refractivity contribution in [1.29, 1.82) is 0 Å². The average Bonchev–Trinajstić information content (AvgIpc) is 2.25. The molecule has 0 saturated carbocycles. The third-order valence-electron chi connectivity index (χ3n) is 2.34. The Balaban J connectivity index is 2.94. The highest BCUT2D eigenvalue weighted by Gasteiger charge is 2.22. The third kappa shape index (κ3) is 4.36. The van der Waals surface area contributed by atoms with Gasteiger partial charge in [-0.2, -0.15) is 0 Å². The molecule has 0 amide bonds. The van der Waals surface area contributed by atoms with Crippen molar-refractivity contribution in [2.24, 2.45) is 0 Å². The normalized spacial score (nSPS) is 13.2. The Labute approximate surface area is 105 Å². The van der Waals surface area contributed by atoms with Crippen molar-refractivity contribution in [1.82, 2.24) is 0 Å². The SMILES string of the molecule is C=C(C)C(O[Si](C)(C)C)c1ccc(OC)cc1. The molecule has 0 aliphatic rings. The Morgan fingerprint density at radius 3 is 2.06 bits per heavy atom. The van der Waals surface area contributed by atoms with Crippen LogP contribution in [0.1, 0.15) is 18.6 Å². The summed E-state index contributed by atoms with van der Waals surface area (Å²) in [6.45, 7) is 12.6. The number of hydrogen-bond donors (Lipinski definition) is 0. The van der Waals surface area contributed by atoms with E-state index in [-0.39, 0.29) is 6.10 Å². The standard InChI is InChI=1S/C14H22O2Si/c1-11(2)14(16-17(4,5)6)12-7-9-13(15-3)10-8-12/h7-10,14H,1H2,2-6H3. The van der Waals surface area contributed by atoms with Crippen LogP contribution in [0.3, 0.4) is 0 Å². The van der Waals surface area contributed by atoms with Crippen LogP contribution in [0.4, 0.5) is 0 Å². The molecular formula is C14H22O2Si. The minimum Gasteiger partial charge on any atom is -0.497 e. The minimum absolute atomic E-state index is 0.00688. The lowest BCUT2D eigenvalue weighted by atomic mass is 10.0. The van der Waals surface area contributed by atoms with E-state index < -0.39 is 8.32 Å². The number of rotatable bonds is 5. The maximum atomic E-state index is 6.16. The van der Waals surface area contributed by atoms with Gasteiger partial charge in [-0.15, -0.1) is 0 Å². The van der Waals surface area contributed by atoms with Crippen molar-refractivity contribution in [2.75, 3.05) is 7.11 Å². The monoisotopic (exact) mass is 250 g/mol. The lowest BCUT2D eigenvalue weighted by Gasteiger charge is -2.27. The summed E-state index contributed by atoms with van der Waals surface area (Å²) in [7, 11) is 0.0906. The molecule has 0 radical (unpaired) electrons. The van der Waals surface area contributed by atoms with Gasteiger partial charge in [-0.3, -0.25) is 0 Å². The number of methoxy groups -OCH3 is 1. The van der Waals surface area contributed by atoms with Gasteiger partial charge in [0.25, 0.3) is 0 Å². The van der Waals surface area contributed by atoms with E-state index in [1.165, 1.54) is 0 Å². The van der Waals surface area contributed by atoms with Crippen LogP contribution in [0.15, 0.2) is 36.4 Å². The van der Waals surface area contributed by atoms with Gasteiger partial charge in [0.2, 0.25) is 0 Å². The van der Waals surface area contributed by atoms with Gasteiger partial charge in [0.1, 0.15) is 5.75 Å². The molecule has 0 heterocycles. The predicted molar refractivity (Wildman–Crippen MR) is 75.0 cm³/mol. The van der Waals surface area contributed by atoms with Crippen LogP contribution in [0.2, 0.25) is 19.6 Å². The van der Waals surface area contributed by atoms with Crippen LogP contribution in [0, 0.1) is 0 Å². The molecular weight excluding hydrogens is 228 g/mol. The first-order chi connectivity index (χ1) is 7.83. The second kappa shape index (κ2) is 5.51. The van der Waals surface area contributed by atoms with Gasteiger partial charge in [0.15, 0.2) is 8.32 Å². The van der Waals surface area contributed by atoms with Crippen molar-refractivity contribution in [3.05, 3.63) is 42.0 Å². The lowest BCUT2D eigenvalue weighted by Crippen LogP contribution is -2.28. The van der Waals surface area contributed by atoms with E-state index in [1.807, 2.05) is 31.2 Å².